The average Bonchev–Trinajstić information content (AvgIpc) is 2.71. The first-order valence-electron chi connectivity index (χ1n) is 8.54. The van der Waals surface area contributed by atoms with Crippen LogP contribution in [0, 0.1) is 0 Å². The molecule has 1 N–H and O–H groups in total. The summed E-state index contributed by atoms with van der Waals surface area (Å²) < 4.78 is 5.98. The molecule has 0 saturated carbocycles. The normalized spacial score (nSPS) is 9.93. The lowest BCUT2D eigenvalue weighted by molar-refractivity contribution is -0.377. The monoisotopic (exact) mass is 374 g/mol. The molecule has 134 valence electrons. The van der Waals surface area contributed by atoms with Crippen molar-refractivity contribution in [3.05, 3.63) is 109 Å². The molecule has 1 aromatic heterocycles. The second kappa shape index (κ2) is 8.88. The Hall–Kier alpha value is -3.30. The molecule has 0 aliphatic rings. The molecule has 0 aliphatic carbocycles. The number of rotatable bonds is 5. The van der Waals surface area contributed by atoms with Crippen LogP contribution in [-0.4, -0.2) is 0 Å². The third-order valence-corrected chi connectivity index (χ3v) is 4.01. The summed E-state index contributed by atoms with van der Waals surface area (Å²) in [6.45, 7) is 0. The fourth-order valence-corrected chi connectivity index (χ4v) is 2.85. The van der Waals surface area contributed by atoms with Crippen LogP contribution in [0.5, 0.6) is 11.5 Å². The standard InChI is InChI=1S/C23H18N2O.ClH/c1-4-10-19(11-5-1)25(20-12-6-2-7-13-20)21-16-23(18-24-17-21)26-22-14-8-3-9-15-22;/h1-18H;1H. The van der Waals surface area contributed by atoms with Gasteiger partial charge in [0.05, 0.1) is 0 Å². The summed E-state index contributed by atoms with van der Waals surface area (Å²) in [5.74, 6) is 1.56. The number of pyridine rings is 1. The quantitative estimate of drug-likeness (QED) is 0.537. The van der Waals surface area contributed by atoms with Crippen LogP contribution in [-0.2, 0) is 0 Å². The van der Waals surface area contributed by atoms with Gasteiger partial charge in [-0.25, -0.2) is 4.98 Å². The maximum Gasteiger partial charge on any atom is 0.210 e. The number of nitrogens with zero attached hydrogens (tertiary/aromatic N) is 1. The number of halogens is 1. The minimum Gasteiger partial charge on any atom is -1.00 e. The van der Waals surface area contributed by atoms with Crippen LogP contribution in [0.2, 0.25) is 0 Å². The van der Waals surface area contributed by atoms with E-state index in [-0.39, 0.29) is 12.4 Å². The first-order valence-corrected chi connectivity index (χ1v) is 8.54. The van der Waals surface area contributed by atoms with E-state index < -0.39 is 0 Å². The smallest absolute Gasteiger partial charge is 0.210 e. The molecule has 4 aromatic rings. The topological polar surface area (TPSA) is 26.6 Å². The molecule has 27 heavy (non-hydrogen) atoms. The third-order valence-electron chi connectivity index (χ3n) is 4.01. The fraction of sp³-hybridized carbons (Fsp3) is 0. The molecule has 1 heterocycles. The Kier molecular flexibility index (Phi) is 6.08. The van der Waals surface area contributed by atoms with Crippen molar-refractivity contribution >= 4 is 17.1 Å². The van der Waals surface area contributed by atoms with Gasteiger partial charge in [-0.2, -0.15) is 0 Å². The van der Waals surface area contributed by atoms with Crippen molar-refractivity contribution in [2.75, 3.05) is 4.90 Å². The molecule has 0 radical (unpaired) electrons. The molecule has 3 nitrogen and oxygen atoms in total. The number of para-hydroxylation sites is 3. The van der Waals surface area contributed by atoms with Crippen molar-refractivity contribution in [1.82, 2.24) is 0 Å². The summed E-state index contributed by atoms with van der Waals surface area (Å²) in [5, 5.41) is 0. The van der Waals surface area contributed by atoms with E-state index >= 15 is 0 Å². The van der Waals surface area contributed by atoms with Gasteiger partial charge in [-0.05, 0) is 36.4 Å². The molecule has 0 unspecified atom stereocenters. The van der Waals surface area contributed by atoms with Crippen LogP contribution in [0.15, 0.2) is 109 Å². The van der Waals surface area contributed by atoms with Crippen LogP contribution >= 0.6 is 0 Å². The van der Waals surface area contributed by atoms with E-state index in [2.05, 4.69) is 34.1 Å². The Balaban J connectivity index is 0.00000210. The van der Waals surface area contributed by atoms with E-state index in [0.717, 1.165) is 28.6 Å². The molecule has 4 rings (SSSR count). The van der Waals surface area contributed by atoms with E-state index in [1.165, 1.54) is 0 Å². The molecule has 0 atom stereocenters. The van der Waals surface area contributed by atoms with Crippen molar-refractivity contribution in [3.63, 3.8) is 0 Å². The van der Waals surface area contributed by atoms with Gasteiger partial charge in [-0.3, -0.25) is 0 Å². The lowest BCUT2D eigenvalue weighted by atomic mass is 10.2. The number of aromatic nitrogens is 1. The zero-order chi connectivity index (χ0) is 17.6. The Morgan fingerprint density at radius 2 is 1.07 bits per heavy atom. The number of hydrogen-bond donors (Lipinski definition) is 0. The van der Waals surface area contributed by atoms with Crippen molar-refractivity contribution in [3.8, 4) is 11.5 Å². The first-order chi connectivity index (χ1) is 12.9. The van der Waals surface area contributed by atoms with Gasteiger partial charge >= 0.3 is 0 Å². The summed E-state index contributed by atoms with van der Waals surface area (Å²) in [6.07, 6.45) is 3.82. The highest BCUT2D eigenvalue weighted by Gasteiger charge is 2.15. The van der Waals surface area contributed by atoms with Crippen LogP contribution in [0.4, 0.5) is 17.1 Å². The van der Waals surface area contributed by atoms with Crippen molar-refractivity contribution in [2.24, 2.45) is 0 Å². The molecule has 0 bridgehead atoms. The second-order valence-corrected chi connectivity index (χ2v) is 5.85. The van der Waals surface area contributed by atoms with E-state index in [0.29, 0.717) is 0 Å². The van der Waals surface area contributed by atoms with Crippen molar-refractivity contribution < 1.29 is 22.1 Å². The largest absolute Gasteiger partial charge is 1.00 e. The Morgan fingerprint density at radius 3 is 1.63 bits per heavy atom. The van der Waals surface area contributed by atoms with E-state index in [9.17, 15) is 0 Å². The summed E-state index contributed by atoms with van der Waals surface area (Å²) in [5.41, 5.74) is 3.17. The van der Waals surface area contributed by atoms with Crippen LogP contribution < -0.4 is 27.0 Å². The van der Waals surface area contributed by atoms with Gasteiger partial charge in [0, 0.05) is 17.4 Å². The van der Waals surface area contributed by atoms with Crippen LogP contribution in [0.3, 0.4) is 0 Å². The molecule has 0 spiro atoms. The molecular formula is C23H19ClN2O. The summed E-state index contributed by atoms with van der Waals surface area (Å²) in [6, 6.07) is 32.4. The van der Waals surface area contributed by atoms with Gasteiger partial charge in [0.25, 0.3) is 0 Å². The average molecular weight is 375 g/mol. The predicted octanol–water partition coefficient (Wildman–Crippen LogP) is 2.77. The highest BCUT2D eigenvalue weighted by Crippen LogP contribution is 2.35. The number of hydrogen-bond acceptors (Lipinski definition) is 2. The van der Waals surface area contributed by atoms with Crippen LogP contribution in [0.1, 0.15) is 0 Å². The molecule has 4 heteroatoms. The number of benzene rings is 3. The Morgan fingerprint density at radius 1 is 0.556 bits per heavy atom. The zero-order valence-electron chi connectivity index (χ0n) is 14.6. The van der Waals surface area contributed by atoms with Gasteiger partial charge in [0.15, 0.2) is 11.9 Å². The summed E-state index contributed by atoms with van der Waals surface area (Å²) in [4.78, 5) is 5.39. The number of anilines is 3. The minimum absolute atomic E-state index is 0. The van der Waals surface area contributed by atoms with Crippen molar-refractivity contribution in [2.45, 2.75) is 0 Å². The lowest BCUT2D eigenvalue weighted by Gasteiger charge is -2.23. The highest BCUT2D eigenvalue weighted by atomic mass is 35.5. The molecule has 0 aliphatic heterocycles. The van der Waals surface area contributed by atoms with Gasteiger partial charge < -0.3 is 22.0 Å². The third kappa shape index (κ3) is 4.46. The second-order valence-electron chi connectivity index (χ2n) is 5.85. The maximum atomic E-state index is 5.98. The Bertz CT molecular complexity index is 924. The Labute approximate surface area is 165 Å². The first kappa shape index (κ1) is 18.5. The zero-order valence-corrected chi connectivity index (χ0v) is 15.4. The number of ether oxygens (including phenoxy) is 1. The molecule has 3 aromatic carbocycles. The minimum atomic E-state index is 0. The molecule has 0 fully saturated rings. The molecule has 0 amide bonds. The SMILES string of the molecule is [Cl-].c1ccc(Oc2c[nH+]cc(N(c3ccccc3)c3ccccc3)c2)cc1. The van der Waals surface area contributed by atoms with Gasteiger partial charge in [0.2, 0.25) is 6.20 Å². The molecular weight excluding hydrogens is 356 g/mol. The van der Waals surface area contributed by atoms with E-state index in [1.54, 1.807) is 0 Å². The summed E-state index contributed by atoms with van der Waals surface area (Å²) >= 11 is 0. The van der Waals surface area contributed by atoms with Crippen LogP contribution in [0.25, 0.3) is 0 Å². The molecule has 0 saturated heterocycles. The van der Waals surface area contributed by atoms with Gasteiger partial charge in [-0.1, -0.05) is 54.6 Å². The number of H-pyrrole nitrogens is 1. The van der Waals surface area contributed by atoms with Crippen molar-refractivity contribution in [1.29, 1.82) is 0 Å². The van der Waals surface area contributed by atoms with Gasteiger partial charge in [0.1, 0.15) is 11.4 Å². The predicted molar refractivity (Wildman–Crippen MR) is 104 cm³/mol. The number of nitrogens with one attached hydrogen (secondary N) is 1. The van der Waals surface area contributed by atoms with E-state index in [4.69, 9.17) is 4.74 Å². The fourth-order valence-electron chi connectivity index (χ4n) is 2.85. The maximum absolute atomic E-state index is 5.98. The van der Waals surface area contributed by atoms with Gasteiger partial charge in [-0.15, -0.1) is 0 Å². The highest BCUT2D eigenvalue weighted by molar-refractivity contribution is 5.76. The number of aromatic amines is 1. The summed E-state index contributed by atoms with van der Waals surface area (Å²) in [7, 11) is 0. The lowest BCUT2D eigenvalue weighted by Crippen LogP contribution is -3.00. The van der Waals surface area contributed by atoms with E-state index in [1.807, 2.05) is 85.2 Å².